The number of rotatable bonds is 2. The van der Waals surface area contributed by atoms with Crippen LogP contribution in [0.5, 0.6) is 11.5 Å². The van der Waals surface area contributed by atoms with E-state index in [4.69, 9.17) is 27.9 Å². The Morgan fingerprint density at radius 2 is 1.60 bits per heavy atom. The van der Waals surface area contributed by atoms with Crippen molar-refractivity contribution in [2.24, 2.45) is 0 Å². The van der Waals surface area contributed by atoms with Crippen LogP contribution in [-0.4, -0.2) is 0 Å². The van der Waals surface area contributed by atoms with Gasteiger partial charge in [0.2, 0.25) is 0 Å². The predicted molar refractivity (Wildman–Crippen MR) is 72.7 cm³/mol. The number of hydrogen-bond acceptors (Lipinski definition) is 1. The fourth-order valence-electron chi connectivity index (χ4n) is 1.62. The maximum Gasteiger partial charge on any atom is 0.416 e. The molecule has 0 aromatic heterocycles. The van der Waals surface area contributed by atoms with Gasteiger partial charge >= 0.3 is 6.18 Å². The van der Waals surface area contributed by atoms with E-state index in [9.17, 15) is 13.2 Å². The van der Waals surface area contributed by atoms with Gasteiger partial charge in [-0.3, -0.25) is 0 Å². The van der Waals surface area contributed by atoms with Gasteiger partial charge in [-0.05, 0) is 48.9 Å². The van der Waals surface area contributed by atoms with Gasteiger partial charge < -0.3 is 4.74 Å². The van der Waals surface area contributed by atoms with Gasteiger partial charge in [0, 0.05) is 5.02 Å². The van der Waals surface area contributed by atoms with Crippen LogP contribution in [0.4, 0.5) is 13.2 Å². The lowest BCUT2D eigenvalue weighted by atomic mass is 10.1. The number of hydrogen-bond donors (Lipinski definition) is 0. The van der Waals surface area contributed by atoms with Crippen LogP contribution >= 0.6 is 23.2 Å². The Labute approximate surface area is 123 Å². The average Bonchev–Trinajstić information content (AvgIpc) is 2.33. The lowest BCUT2D eigenvalue weighted by molar-refractivity contribution is -0.137. The molecule has 0 aliphatic heterocycles. The van der Waals surface area contributed by atoms with Gasteiger partial charge in [0.25, 0.3) is 0 Å². The third-order valence-corrected chi connectivity index (χ3v) is 3.15. The van der Waals surface area contributed by atoms with E-state index in [1.54, 1.807) is 12.1 Å². The van der Waals surface area contributed by atoms with E-state index >= 15 is 0 Å². The second-order valence-electron chi connectivity index (χ2n) is 4.15. The minimum Gasteiger partial charge on any atom is -0.456 e. The summed E-state index contributed by atoms with van der Waals surface area (Å²) in [4.78, 5) is 0. The van der Waals surface area contributed by atoms with Crippen LogP contribution in [0.15, 0.2) is 36.4 Å². The Morgan fingerprint density at radius 1 is 0.950 bits per heavy atom. The number of halogens is 5. The molecule has 2 rings (SSSR count). The molecule has 1 nitrogen and oxygen atoms in total. The summed E-state index contributed by atoms with van der Waals surface area (Å²) in [6.45, 7) is 1.54. The van der Waals surface area contributed by atoms with Crippen LogP contribution in [-0.2, 0) is 6.18 Å². The van der Waals surface area contributed by atoms with Crippen LogP contribution in [0.25, 0.3) is 0 Å². The summed E-state index contributed by atoms with van der Waals surface area (Å²) < 4.78 is 43.2. The Bertz CT molecular complexity index is 639. The molecule has 0 saturated carbocycles. The summed E-state index contributed by atoms with van der Waals surface area (Å²) >= 11 is 11.7. The number of aryl methyl sites for hydroxylation is 1. The van der Waals surface area contributed by atoms with Gasteiger partial charge in [-0.15, -0.1) is 0 Å². The quantitative estimate of drug-likeness (QED) is 0.648. The van der Waals surface area contributed by atoms with Crippen LogP contribution in [0.1, 0.15) is 11.1 Å². The Morgan fingerprint density at radius 3 is 2.15 bits per heavy atom. The maximum atomic E-state index is 12.6. The van der Waals surface area contributed by atoms with Crippen LogP contribution in [0, 0.1) is 6.92 Å². The minimum atomic E-state index is -4.37. The molecule has 0 fully saturated rings. The van der Waals surface area contributed by atoms with Crippen LogP contribution < -0.4 is 4.74 Å². The van der Waals surface area contributed by atoms with Crippen LogP contribution in [0.2, 0.25) is 10.0 Å². The van der Waals surface area contributed by atoms with E-state index in [2.05, 4.69) is 0 Å². The largest absolute Gasteiger partial charge is 0.456 e. The molecule has 0 radical (unpaired) electrons. The molecule has 0 amide bonds. The summed E-state index contributed by atoms with van der Waals surface area (Å²) in [7, 11) is 0. The second-order valence-corrected chi connectivity index (χ2v) is 5.00. The normalized spacial score (nSPS) is 11.5. The second kappa shape index (κ2) is 5.54. The number of alkyl halides is 3. The first-order chi connectivity index (χ1) is 9.27. The lowest BCUT2D eigenvalue weighted by Crippen LogP contribution is -2.05. The number of benzene rings is 2. The summed E-state index contributed by atoms with van der Waals surface area (Å²) in [6.07, 6.45) is -4.37. The van der Waals surface area contributed by atoms with Crippen molar-refractivity contribution in [1.82, 2.24) is 0 Å². The van der Waals surface area contributed by atoms with Crippen molar-refractivity contribution in [1.29, 1.82) is 0 Å². The summed E-state index contributed by atoms with van der Waals surface area (Å²) in [5.41, 5.74) is -0.351. The standard InChI is InChI=1S/C14H9Cl2F3O/c1-8-6-9(14(17,18)19)2-4-12(8)20-13-5-3-10(15)7-11(13)16/h2-7H,1H3. The molecule has 2 aromatic carbocycles. The van der Waals surface area contributed by atoms with E-state index in [1.165, 1.54) is 19.1 Å². The lowest BCUT2D eigenvalue weighted by Gasteiger charge is -2.13. The Hall–Kier alpha value is -1.39. The summed E-state index contributed by atoms with van der Waals surface area (Å²) in [5.74, 6) is 0.640. The molecule has 0 saturated heterocycles. The van der Waals surface area contributed by atoms with E-state index < -0.39 is 11.7 Å². The topological polar surface area (TPSA) is 9.23 Å². The van der Waals surface area contributed by atoms with E-state index in [-0.39, 0.29) is 5.02 Å². The Balaban J connectivity index is 2.30. The first-order valence-electron chi connectivity index (χ1n) is 5.58. The molecular weight excluding hydrogens is 312 g/mol. The highest BCUT2D eigenvalue weighted by atomic mass is 35.5. The molecule has 0 N–H and O–H groups in total. The van der Waals surface area contributed by atoms with Crippen molar-refractivity contribution in [2.75, 3.05) is 0 Å². The highest BCUT2D eigenvalue weighted by Gasteiger charge is 2.30. The average molecular weight is 321 g/mol. The fourth-order valence-corrected chi connectivity index (χ4v) is 2.06. The monoisotopic (exact) mass is 320 g/mol. The van der Waals surface area contributed by atoms with E-state index in [0.29, 0.717) is 22.1 Å². The molecule has 0 aliphatic carbocycles. The van der Waals surface area contributed by atoms with Crippen molar-refractivity contribution in [3.63, 3.8) is 0 Å². The molecule has 0 bridgehead atoms. The molecule has 0 spiro atoms. The first-order valence-corrected chi connectivity index (χ1v) is 6.34. The zero-order valence-electron chi connectivity index (χ0n) is 10.3. The highest BCUT2D eigenvalue weighted by Crippen LogP contribution is 2.36. The van der Waals surface area contributed by atoms with Gasteiger partial charge in [-0.1, -0.05) is 23.2 Å². The van der Waals surface area contributed by atoms with E-state index in [1.807, 2.05) is 0 Å². The van der Waals surface area contributed by atoms with Gasteiger partial charge in [-0.2, -0.15) is 13.2 Å². The molecule has 106 valence electrons. The molecular formula is C14H9Cl2F3O. The highest BCUT2D eigenvalue weighted by molar-refractivity contribution is 6.35. The predicted octanol–water partition coefficient (Wildman–Crippen LogP) is 6.11. The number of ether oxygens (including phenoxy) is 1. The zero-order valence-corrected chi connectivity index (χ0v) is 11.8. The van der Waals surface area contributed by atoms with Crippen molar-refractivity contribution in [3.8, 4) is 11.5 Å². The zero-order chi connectivity index (χ0) is 14.9. The summed E-state index contributed by atoms with van der Waals surface area (Å²) in [5, 5.41) is 0.739. The van der Waals surface area contributed by atoms with Crippen molar-refractivity contribution in [2.45, 2.75) is 13.1 Å². The maximum absolute atomic E-state index is 12.6. The van der Waals surface area contributed by atoms with Gasteiger partial charge in [0.1, 0.15) is 11.5 Å². The molecule has 20 heavy (non-hydrogen) atoms. The van der Waals surface area contributed by atoms with Crippen molar-refractivity contribution in [3.05, 3.63) is 57.6 Å². The molecule has 0 heterocycles. The smallest absolute Gasteiger partial charge is 0.416 e. The van der Waals surface area contributed by atoms with Crippen molar-refractivity contribution < 1.29 is 17.9 Å². The molecule has 2 aromatic rings. The molecule has 0 aliphatic rings. The SMILES string of the molecule is Cc1cc(C(F)(F)F)ccc1Oc1ccc(Cl)cc1Cl. The van der Waals surface area contributed by atoms with Gasteiger partial charge in [0.05, 0.1) is 10.6 Å². The Kier molecular flexibility index (Phi) is 4.16. The van der Waals surface area contributed by atoms with Gasteiger partial charge in [0.15, 0.2) is 0 Å². The van der Waals surface area contributed by atoms with E-state index in [0.717, 1.165) is 12.1 Å². The van der Waals surface area contributed by atoms with Crippen molar-refractivity contribution >= 4 is 23.2 Å². The third kappa shape index (κ3) is 3.38. The molecule has 0 unspecified atom stereocenters. The molecule has 0 atom stereocenters. The van der Waals surface area contributed by atoms with Gasteiger partial charge in [-0.25, -0.2) is 0 Å². The van der Waals surface area contributed by atoms with Crippen LogP contribution in [0.3, 0.4) is 0 Å². The first kappa shape index (κ1) is 15.0. The third-order valence-electron chi connectivity index (χ3n) is 2.62. The summed E-state index contributed by atoms with van der Waals surface area (Å²) in [6, 6.07) is 7.90. The molecule has 6 heteroatoms. The minimum absolute atomic E-state index is 0.289. The fraction of sp³-hybridized carbons (Fsp3) is 0.143.